The summed E-state index contributed by atoms with van der Waals surface area (Å²) in [6, 6.07) is 17.7. The Morgan fingerprint density at radius 3 is 2.46 bits per heavy atom. The Hall–Kier alpha value is -2.62. The molecule has 0 bridgehead atoms. The minimum absolute atomic E-state index is 0.106. The zero-order chi connectivity index (χ0) is 17.2. The van der Waals surface area contributed by atoms with Crippen LogP contribution in [0.15, 0.2) is 54.6 Å². The lowest BCUT2D eigenvalue weighted by Gasteiger charge is -2.10. The molecule has 0 fully saturated rings. The number of hydrogen-bond donors (Lipinski definition) is 1. The molecule has 126 valence electrons. The third kappa shape index (κ3) is 5.54. The molecule has 2 rings (SSSR count). The van der Waals surface area contributed by atoms with Crippen molar-refractivity contribution in [2.75, 3.05) is 13.2 Å². The van der Waals surface area contributed by atoms with Crippen LogP contribution in [0.4, 0.5) is 0 Å². The van der Waals surface area contributed by atoms with Crippen LogP contribution in [-0.4, -0.2) is 25.0 Å². The van der Waals surface area contributed by atoms with Gasteiger partial charge in [-0.25, -0.2) is 0 Å². The van der Waals surface area contributed by atoms with Gasteiger partial charge in [0.15, 0.2) is 0 Å². The van der Waals surface area contributed by atoms with Crippen LogP contribution in [0.2, 0.25) is 0 Å². The van der Waals surface area contributed by atoms with Crippen LogP contribution < -0.4 is 5.32 Å². The van der Waals surface area contributed by atoms with Crippen LogP contribution in [0, 0.1) is 0 Å². The molecule has 0 saturated heterocycles. The summed E-state index contributed by atoms with van der Waals surface area (Å²) in [5.74, 6) is -0.332. The lowest BCUT2D eigenvalue weighted by Crippen LogP contribution is -2.26. The molecule has 1 N–H and O–H groups in total. The van der Waals surface area contributed by atoms with Crippen molar-refractivity contribution in [2.24, 2.45) is 0 Å². The summed E-state index contributed by atoms with van der Waals surface area (Å²) in [5.41, 5.74) is 2.84. The normalized spacial score (nSPS) is 10.2. The summed E-state index contributed by atoms with van der Waals surface area (Å²) in [5, 5.41) is 2.88. The molecule has 0 aliphatic rings. The molecular formula is C20H23NO3. The van der Waals surface area contributed by atoms with Gasteiger partial charge in [0.1, 0.15) is 0 Å². The summed E-state index contributed by atoms with van der Waals surface area (Å²) in [6.07, 6.45) is 1.61. The van der Waals surface area contributed by atoms with Crippen molar-refractivity contribution in [1.82, 2.24) is 5.32 Å². The predicted molar refractivity (Wildman–Crippen MR) is 93.9 cm³/mol. The van der Waals surface area contributed by atoms with E-state index in [1.54, 1.807) is 6.92 Å². The van der Waals surface area contributed by atoms with Gasteiger partial charge in [0.25, 0.3) is 5.91 Å². The molecule has 0 aliphatic carbocycles. The standard InChI is InChI=1S/C20H23NO3/c1-2-24-19(22)13-8-14-21-20(23)18-12-7-6-11-17(18)15-16-9-4-3-5-10-16/h3-7,9-12H,2,8,13-15H2,1H3,(H,21,23). The van der Waals surface area contributed by atoms with Crippen molar-refractivity contribution in [3.8, 4) is 0 Å². The summed E-state index contributed by atoms with van der Waals surface area (Å²) in [6.45, 7) is 2.62. The third-order valence-corrected chi connectivity index (χ3v) is 3.65. The average Bonchev–Trinajstić information content (AvgIpc) is 2.60. The van der Waals surface area contributed by atoms with E-state index < -0.39 is 0 Å². The van der Waals surface area contributed by atoms with Gasteiger partial charge in [0, 0.05) is 18.5 Å². The predicted octanol–water partition coefficient (Wildman–Crippen LogP) is 3.35. The van der Waals surface area contributed by atoms with Crippen LogP contribution in [-0.2, 0) is 16.0 Å². The molecule has 4 heteroatoms. The topological polar surface area (TPSA) is 55.4 Å². The zero-order valence-electron chi connectivity index (χ0n) is 14.0. The van der Waals surface area contributed by atoms with Crippen molar-refractivity contribution >= 4 is 11.9 Å². The number of ether oxygens (including phenoxy) is 1. The van der Waals surface area contributed by atoms with Crippen molar-refractivity contribution in [1.29, 1.82) is 0 Å². The zero-order valence-corrected chi connectivity index (χ0v) is 14.0. The van der Waals surface area contributed by atoms with Gasteiger partial charge < -0.3 is 10.1 Å². The summed E-state index contributed by atoms with van der Waals surface area (Å²) >= 11 is 0. The van der Waals surface area contributed by atoms with Crippen LogP contribution in [0.5, 0.6) is 0 Å². The van der Waals surface area contributed by atoms with E-state index in [0.717, 1.165) is 5.56 Å². The number of nitrogens with one attached hydrogen (secondary N) is 1. The molecule has 24 heavy (non-hydrogen) atoms. The highest BCUT2D eigenvalue weighted by Gasteiger charge is 2.11. The first-order valence-corrected chi connectivity index (χ1v) is 8.26. The second kappa shape index (κ2) is 9.50. The summed E-state index contributed by atoms with van der Waals surface area (Å²) in [7, 11) is 0. The Morgan fingerprint density at radius 1 is 1.00 bits per heavy atom. The molecule has 0 saturated carbocycles. The molecule has 0 aromatic heterocycles. The molecule has 2 aromatic rings. The quantitative estimate of drug-likeness (QED) is 0.598. The Bertz CT molecular complexity index is 668. The van der Waals surface area contributed by atoms with Crippen molar-refractivity contribution in [3.63, 3.8) is 0 Å². The van der Waals surface area contributed by atoms with Crippen LogP contribution in [0.1, 0.15) is 41.3 Å². The number of rotatable bonds is 8. The number of benzene rings is 2. The lowest BCUT2D eigenvalue weighted by atomic mass is 9.99. The molecule has 0 aliphatic heterocycles. The second-order valence-corrected chi connectivity index (χ2v) is 5.48. The number of esters is 1. The van der Waals surface area contributed by atoms with Gasteiger partial charge in [-0.3, -0.25) is 9.59 Å². The molecule has 0 heterocycles. The number of hydrogen-bond acceptors (Lipinski definition) is 3. The fourth-order valence-electron chi connectivity index (χ4n) is 2.47. The Morgan fingerprint density at radius 2 is 1.71 bits per heavy atom. The van der Waals surface area contributed by atoms with E-state index in [1.807, 2.05) is 54.6 Å². The number of carbonyl (C=O) groups excluding carboxylic acids is 2. The van der Waals surface area contributed by atoms with Gasteiger partial charge in [-0.05, 0) is 37.0 Å². The van der Waals surface area contributed by atoms with Gasteiger partial charge in [-0.1, -0.05) is 48.5 Å². The van der Waals surface area contributed by atoms with E-state index >= 15 is 0 Å². The fraction of sp³-hybridized carbons (Fsp3) is 0.300. The number of carbonyl (C=O) groups is 2. The molecule has 0 radical (unpaired) electrons. The van der Waals surface area contributed by atoms with Gasteiger partial charge >= 0.3 is 5.97 Å². The summed E-state index contributed by atoms with van der Waals surface area (Å²) < 4.78 is 4.87. The molecule has 0 atom stereocenters. The number of amides is 1. The molecule has 0 unspecified atom stereocenters. The molecule has 0 spiro atoms. The Balaban J connectivity index is 1.91. The van der Waals surface area contributed by atoms with Gasteiger partial charge in [0.2, 0.25) is 0 Å². The highest BCUT2D eigenvalue weighted by Crippen LogP contribution is 2.14. The average molecular weight is 325 g/mol. The molecule has 1 amide bonds. The first kappa shape index (κ1) is 17.7. The maximum atomic E-state index is 12.4. The monoisotopic (exact) mass is 325 g/mol. The van der Waals surface area contributed by atoms with E-state index in [4.69, 9.17) is 4.74 Å². The highest BCUT2D eigenvalue weighted by molar-refractivity contribution is 5.95. The van der Waals surface area contributed by atoms with E-state index in [2.05, 4.69) is 5.32 Å². The first-order valence-electron chi connectivity index (χ1n) is 8.26. The van der Waals surface area contributed by atoms with Crippen molar-refractivity contribution in [2.45, 2.75) is 26.2 Å². The van der Waals surface area contributed by atoms with Crippen LogP contribution >= 0.6 is 0 Å². The molecule has 2 aromatic carbocycles. The van der Waals surface area contributed by atoms with Gasteiger partial charge in [-0.15, -0.1) is 0 Å². The van der Waals surface area contributed by atoms with Crippen molar-refractivity contribution < 1.29 is 14.3 Å². The van der Waals surface area contributed by atoms with Gasteiger partial charge in [0.05, 0.1) is 6.61 Å². The van der Waals surface area contributed by atoms with Crippen LogP contribution in [0.25, 0.3) is 0 Å². The Labute approximate surface area is 142 Å². The van der Waals surface area contributed by atoms with Crippen molar-refractivity contribution in [3.05, 3.63) is 71.3 Å². The SMILES string of the molecule is CCOC(=O)CCCNC(=O)c1ccccc1Cc1ccccc1. The smallest absolute Gasteiger partial charge is 0.305 e. The van der Waals surface area contributed by atoms with E-state index in [-0.39, 0.29) is 11.9 Å². The third-order valence-electron chi connectivity index (χ3n) is 3.65. The molecular weight excluding hydrogens is 302 g/mol. The fourth-order valence-corrected chi connectivity index (χ4v) is 2.47. The Kier molecular flexibility index (Phi) is 7.02. The maximum absolute atomic E-state index is 12.4. The largest absolute Gasteiger partial charge is 0.466 e. The second-order valence-electron chi connectivity index (χ2n) is 5.48. The highest BCUT2D eigenvalue weighted by atomic mass is 16.5. The van der Waals surface area contributed by atoms with E-state index in [9.17, 15) is 9.59 Å². The lowest BCUT2D eigenvalue weighted by molar-refractivity contribution is -0.143. The van der Waals surface area contributed by atoms with Gasteiger partial charge in [-0.2, -0.15) is 0 Å². The minimum atomic E-state index is -0.226. The van der Waals surface area contributed by atoms with E-state index in [1.165, 1.54) is 5.56 Å². The molecule has 4 nitrogen and oxygen atoms in total. The summed E-state index contributed by atoms with van der Waals surface area (Å²) in [4.78, 5) is 23.7. The maximum Gasteiger partial charge on any atom is 0.305 e. The van der Waals surface area contributed by atoms with Crippen LogP contribution in [0.3, 0.4) is 0 Å². The van der Waals surface area contributed by atoms with E-state index in [0.29, 0.717) is 38.0 Å². The first-order chi connectivity index (χ1) is 11.7. The minimum Gasteiger partial charge on any atom is -0.466 e.